The highest BCUT2D eigenvalue weighted by Crippen LogP contribution is 2.23. The number of hydrogen-bond acceptors (Lipinski definition) is 5. The Balaban J connectivity index is 1.60. The quantitative estimate of drug-likeness (QED) is 0.572. The molecule has 0 spiro atoms. The number of para-hydroxylation sites is 1. The molecule has 0 amide bonds. The summed E-state index contributed by atoms with van der Waals surface area (Å²) in [7, 11) is 1.69. The van der Waals surface area contributed by atoms with Gasteiger partial charge in [-0.05, 0) is 35.0 Å². The molecule has 0 saturated heterocycles. The predicted octanol–water partition coefficient (Wildman–Crippen LogP) is 3.40. The summed E-state index contributed by atoms with van der Waals surface area (Å²) in [5.74, 6) is 0.882. The molecular weight excluding hydrogens is 338 g/mol. The number of methoxy groups -OCH3 is 1. The number of aromatic nitrogens is 4. The van der Waals surface area contributed by atoms with Crippen LogP contribution in [0.1, 0.15) is 16.7 Å². The van der Waals surface area contributed by atoms with Gasteiger partial charge in [0, 0.05) is 36.0 Å². The van der Waals surface area contributed by atoms with Gasteiger partial charge in [0.1, 0.15) is 5.75 Å². The van der Waals surface area contributed by atoms with Gasteiger partial charge in [-0.1, -0.05) is 48.0 Å². The van der Waals surface area contributed by atoms with Crippen molar-refractivity contribution in [3.63, 3.8) is 0 Å². The molecule has 0 unspecified atom stereocenters. The third kappa shape index (κ3) is 3.66. The Morgan fingerprint density at radius 3 is 2.67 bits per heavy atom. The van der Waals surface area contributed by atoms with Crippen molar-refractivity contribution in [2.45, 2.75) is 20.0 Å². The number of tetrazole rings is 1. The van der Waals surface area contributed by atoms with E-state index in [-0.39, 0.29) is 0 Å². The van der Waals surface area contributed by atoms with Gasteiger partial charge < -0.3 is 10.1 Å². The van der Waals surface area contributed by atoms with E-state index in [1.165, 1.54) is 5.56 Å². The van der Waals surface area contributed by atoms with Crippen molar-refractivity contribution < 1.29 is 4.74 Å². The van der Waals surface area contributed by atoms with Crippen LogP contribution in [0.15, 0.2) is 60.8 Å². The summed E-state index contributed by atoms with van der Waals surface area (Å²) >= 11 is 0. The van der Waals surface area contributed by atoms with E-state index in [0.29, 0.717) is 13.1 Å². The van der Waals surface area contributed by atoms with Crippen LogP contribution in [0.2, 0.25) is 0 Å². The van der Waals surface area contributed by atoms with E-state index in [4.69, 9.17) is 4.74 Å². The van der Waals surface area contributed by atoms with Gasteiger partial charge in [0.25, 0.3) is 0 Å². The number of fused-ring (bicyclic) bond motifs is 1. The van der Waals surface area contributed by atoms with Gasteiger partial charge in [-0.25, -0.2) is 0 Å². The largest absolute Gasteiger partial charge is 0.496 e. The number of nitrogens with zero attached hydrogens (tertiary/aromatic N) is 4. The summed E-state index contributed by atoms with van der Waals surface area (Å²) in [5, 5.41) is 15.6. The number of aryl methyl sites for hydroxylation is 1. The van der Waals surface area contributed by atoms with Crippen LogP contribution in [-0.4, -0.2) is 27.2 Å². The maximum atomic E-state index is 5.42. The molecule has 0 aliphatic rings. The van der Waals surface area contributed by atoms with Crippen LogP contribution in [0.25, 0.3) is 16.8 Å². The molecule has 136 valence electrons. The van der Waals surface area contributed by atoms with Crippen LogP contribution in [0.3, 0.4) is 0 Å². The van der Waals surface area contributed by atoms with Crippen molar-refractivity contribution in [2.24, 2.45) is 0 Å². The Kier molecular flexibility index (Phi) is 4.80. The first-order valence-corrected chi connectivity index (χ1v) is 8.85. The zero-order valence-electron chi connectivity index (χ0n) is 15.4. The molecule has 6 nitrogen and oxygen atoms in total. The van der Waals surface area contributed by atoms with Gasteiger partial charge in [0.05, 0.1) is 7.11 Å². The van der Waals surface area contributed by atoms with Crippen molar-refractivity contribution in [1.29, 1.82) is 0 Å². The first-order chi connectivity index (χ1) is 13.2. The molecule has 0 bridgehead atoms. The lowest BCUT2D eigenvalue weighted by molar-refractivity contribution is 0.407. The second-order valence-corrected chi connectivity index (χ2v) is 6.49. The van der Waals surface area contributed by atoms with Gasteiger partial charge in [0.2, 0.25) is 0 Å². The second-order valence-electron chi connectivity index (χ2n) is 6.49. The van der Waals surface area contributed by atoms with E-state index in [1.54, 1.807) is 11.6 Å². The molecule has 2 aromatic heterocycles. The normalized spacial score (nSPS) is 11.0. The zero-order chi connectivity index (χ0) is 18.6. The highest BCUT2D eigenvalue weighted by molar-refractivity contribution is 5.67. The average Bonchev–Trinajstić information content (AvgIpc) is 3.17. The Morgan fingerprint density at radius 1 is 0.963 bits per heavy atom. The molecule has 0 fully saturated rings. The molecule has 0 aliphatic carbocycles. The fourth-order valence-electron chi connectivity index (χ4n) is 3.21. The maximum Gasteiger partial charge on any atom is 0.183 e. The van der Waals surface area contributed by atoms with Gasteiger partial charge in [-0.2, -0.15) is 4.52 Å². The van der Waals surface area contributed by atoms with E-state index in [1.807, 2.05) is 24.4 Å². The number of rotatable bonds is 6. The van der Waals surface area contributed by atoms with Gasteiger partial charge >= 0.3 is 0 Å². The Hall–Kier alpha value is -3.25. The smallest absolute Gasteiger partial charge is 0.183 e. The average molecular weight is 359 g/mol. The number of nitrogens with one attached hydrogen (secondary N) is 1. The predicted molar refractivity (Wildman–Crippen MR) is 104 cm³/mol. The SMILES string of the molecule is COc1ccccc1CNCc1cc(-c2cccc(C)c2)cn2nnnc12. The molecule has 0 saturated carbocycles. The molecule has 4 rings (SSSR count). The van der Waals surface area contributed by atoms with Crippen molar-refractivity contribution in [2.75, 3.05) is 7.11 Å². The highest BCUT2D eigenvalue weighted by Gasteiger charge is 2.10. The molecule has 0 aliphatic heterocycles. The van der Waals surface area contributed by atoms with Crippen molar-refractivity contribution in [3.05, 3.63) is 77.5 Å². The fourth-order valence-corrected chi connectivity index (χ4v) is 3.21. The van der Waals surface area contributed by atoms with Crippen LogP contribution in [0, 0.1) is 6.92 Å². The molecular formula is C21H21N5O. The first kappa shape index (κ1) is 17.2. The summed E-state index contributed by atoms with van der Waals surface area (Å²) < 4.78 is 7.15. The second kappa shape index (κ2) is 7.55. The van der Waals surface area contributed by atoms with Gasteiger partial charge in [-0.15, -0.1) is 5.10 Å². The Morgan fingerprint density at radius 2 is 1.81 bits per heavy atom. The number of benzene rings is 2. The van der Waals surface area contributed by atoms with E-state index in [2.05, 4.69) is 64.2 Å². The Labute approximate surface area is 157 Å². The topological polar surface area (TPSA) is 64.3 Å². The van der Waals surface area contributed by atoms with E-state index in [0.717, 1.165) is 33.7 Å². The fraction of sp³-hybridized carbons (Fsp3) is 0.190. The number of ether oxygens (including phenoxy) is 1. The molecule has 2 heterocycles. The third-order valence-corrected chi connectivity index (χ3v) is 4.55. The standard InChI is InChI=1S/C21H21N5O/c1-15-6-5-8-16(10-15)19-11-18(21-23-24-25-26(21)14-19)13-22-12-17-7-3-4-9-20(17)27-2/h3-11,14,22H,12-13H2,1-2H3. The number of pyridine rings is 1. The van der Waals surface area contributed by atoms with Gasteiger partial charge in [0.15, 0.2) is 5.65 Å². The van der Waals surface area contributed by atoms with Crippen LogP contribution in [0.5, 0.6) is 5.75 Å². The van der Waals surface area contributed by atoms with Crippen LogP contribution in [0.4, 0.5) is 0 Å². The minimum atomic E-state index is 0.654. The molecule has 1 N–H and O–H groups in total. The summed E-state index contributed by atoms with van der Waals surface area (Å²) in [4.78, 5) is 0. The molecule has 0 atom stereocenters. The molecule has 27 heavy (non-hydrogen) atoms. The van der Waals surface area contributed by atoms with Crippen molar-refractivity contribution in [3.8, 4) is 16.9 Å². The summed E-state index contributed by atoms with van der Waals surface area (Å²) in [6.45, 7) is 3.45. The highest BCUT2D eigenvalue weighted by atomic mass is 16.5. The number of hydrogen-bond donors (Lipinski definition) is 1. The van der Waals surface area contributed by atoms with E-state index < -0.39 is 0 Å². The van der Waals surface area contributed by atoms with Gasteiger partial charge in [-0.3, -0.25) is 0 Å². The minimum absolute atomic E-state index is 0.654. The molecule has 0 radical (unpaired) electrons. The lowest BCUT2D eigenvalue weighted by atomic mass is 10.0. The van der Waals surface area contributed by atoms with Crippen LogP contribution in [-0.2, 0) is 13.1 Å². The first-order valence-electron chi connectivity index (χ1n) is 8.85. The zero-order valence-corrected chi connectivity index (χ0v) is 15.4. The van der Waals surface area contributed by atoms with Crippen LogP contribution >= 0.6 is 0 Å². The summed E-state index contributed by atoms with van der Waals surface area (Å²) in [5.41, 5.74) is 6.39. The lowest BCUT2D eigenvalue weighted by Gasteiger charge is -2.11. The molecule has 2 aromatic carbocycles. The van der Waals surface area contributed by atoms with E-state index in [9.17, 15) is 0 Å². The minimum Gasteiger partial charge on any atom is -0.496 e. The maximum absolute atomic E-state index is 5.42. The summed E-state index contributed by atoms with van der Waals surface area (Å²) in [6.07, 6.45) is 1.97. The Bertz CT molecular complexity index is 1070. The third-order valence-electron chi connectivity index (χ3n) is 4.55. The molecule has 6 heteroatoms. The van der Waals surface area contributed by atoms with Crippen LogP contribution < -0.4 is 10.1 Å². The molecule has 4 aromatic rings. The monoisotopic (exact) mass is 359 g/mol. The van der Waals surface area contributed by atoms with Crippen molar-refractivity contribution in [1.82, 2.24) is 25.4 Å². The van der Waals surface area contributed by atoms with E-state index >= 15 is 0 Å². The summed E-state index contributed by atoms with van der Waals surface area (Å²) in [6, 6.07) is 18.6. The van der Waals surface area contributed by atoms with Crippen molar-refractivity contribution >= 4 is 5.65 Å². The lowest BCUT2D eigenvalue weighted by Crippen LogP contribution is -2.14.